The fourth-order valence-corrected chi connectivity index (χ4v) is 20.2. The quantitative estimate of drug-likeness (QED) is 0.0176. The van der Waals surface area contributed by atoms with Gasteiger partial charge in [-0.25, -0.2) is 29.6 Å². The zero-order valence-electron chi connectivity index (χ0n) is 59.3. The third-order valence-electron chi connectivity index (χ3n) is 14.6. The lowest BCUT2D eigenvalue weighted by molar-refractivity contribution is -0.149. The van der Waals surface area contributed by atoms with E-state index in [0.717, 1.165) is 59.4 Å². The van der Waals surface area contributed by atoms with E-state index in [1.807, 2.05) is 4.98 Å². The van der Waals surface area contributed by atoms with Crippen molar-refractivity contribution in [1.29, 1.82) is 0 Å². The number of H-pyrrole nitrogens is 3. The van der Waals surface area contributed by atoms with Gasteiger partial charge in [0.1, 0.15) is 87.4 Å². The number of methoxy groups -OCH3 is 3. The number of aliphatic hydroxyl groups is 4. The summed E-state index contributed by atoms with van der Waals surface area (Å²) in [6.07, 6.45) is -9.61. The molecule has 105 heavy (non-hydrogen) atoms. The first-order valence-electron chi connectivity index (χ1n) is 31.5. The summed E-state index contributed by atoms with van der Waals surface area (Å²) in [5.74, 6) is -5.24. The van der Waals surface area contributed by atoms with Gasteiger partial charge in [-0.1, -0.05) is 0 Å². The van der Waals surface area contributed by atoms with Crippen molar-refractivity contribution < 1.29 is 119 Å². The predicted molar refractivity (Wildman–Crippen MR) is 378 cm³/mol. The second kappa shape index (κ2) is 39.9. The summed E-state index contributed by atoms with van der Waals surface area (Å²) in [6.45, 7) is 4.74. The third-order valence-corrected chi connectivity index (χ3v) is 27.3. The lowest BCUT2D eigenvalue weighted by atomic mass is 9.96. The van der Waals surface area contributed by atoms with Crippen LogP contribution in [0.5, 0.6) is 0 Å². The van der Waals surface area contributed by atoms with E-state index in [1.54, 1.807) is 41.5 Å². The van der Waals surface area contributed by atoms with Crippen LogP contribution in [0.25, 0.3) is 0 Å². The molecule has 10 N–H and O–H groups in total. The lowest BCUT2D eigenvalue weighted by Crippen LogP contribution is -2.47. The fraction of sp³-hybridized carbons (Fsp3) is 0.684. The Morgan fingerprint density at radius 2 is 0.733 bits per heavy atom. The minimum absolute atomic E-state index is 0.358. The van der Waals surface area contributed by atoms with E-state index >= 15 is 0 Å². The molecule has 0 aromatic carbocycles. The van der Waals surface area contributed by atoms with Crippen LogP contribution in [0.15, 0.2) is 65.6 Å². The fourth-order valence-electron chi connectivity index (χ4n) is 9.23. The van der Waals surface area contributed by atoms with Crippen LogP contribution in [-0.4, -0.2) is 232 Å². The summed E-state index contributed by atoms with van der Waals surface area (Å²) in [5.41, 5.74) is -6.40. The molecule has 0 bridgehead atoms. The summed E-state index contributed by atoms with van der Waals surface area (Å²) >= 11 is 14.7. The largest absolute Gasteiger partial charge is 0.468 e. The normalized spacial score (nSPS) is 26.8. The molecule has 0 saturated carbocycles. The van der Waals surface area contributed by atoms with Crippen molar-refractivity contribution in [2.45, 2.75) is 190 Å². The Hall–Kier alpha value is -5.34. The summed E-state index contributed by atoms with van der Waals surface area (Å²) in [5, 5.41) is 50.5. The van der Waals surface area contributed by atoms with E-state index in [4.69, 9.17) is 65.2 Å². The zero-order chi connectivity index (χ0) is 79.7. The molecular formula is C57H88Cl2N9O31P3S3. The maximum Gasteiger partial charge on any atom is 0.330 e. The molecule has 18 atom stereocenters. The van der Waals surface area contributed by atoms with E-state index in [9.17, 15) is 91.7 Å². The Morgan fingerprint density at radius 1 is 0.486 bits per heavy atom. The van der Waals surface area contributed by atoms with Crippen molar-refractivity contribution in [3.8, 4) is 0 Å². The first-order valence-corrected chi connectivity index (χ1v) is 41.9. The maximum absolute atomic E-state index is 13.5. The Balaban J connectivity index is 0.000000333. The van der Waals surface area contributed by atoms with Crippen molar-refractivity contribution in [1.82, 2.24) is 43.9 Å². The molecule has 3 unspecified atom stereocenters. The Kier molecular flexibility index (Phi) is 34.9. The van der Waals surface area contributed by atoms with Crippen LogP contribution >= 0.6 is 77.5 Å². The van der Waals surface area contributed by atoms with Crippen LogP contribution in [0.3, 0.4) is 0 Å². The third kappa shape index (κ3) is 26.5. The topological polar surface area (TPSA) is 546 Å². The number of carbonyl (C=O) groups excluding carboxylic acids is 6. The minimum atomic E-state index is -3.99. The predicted octanol–water partition coefficient (Wildman–Crippen LogP) is 1.01. The van der Waals surface area contributed by atoms with Gasteiger partial charge in [-0.3, -0.25) is 85.5 Å². The van der Waals surface area contributed by atoms with Gasteiger partial charge in [-0.2, -0.15) is 0 Å². The Labute approximate surface area is 621 Å². The van der Waals surface area contributed by atoms with Crippen molar-refractivity contribution in [3.05, 3.63) is 99.3 Å². The molecule has 3 aliphatic heterocycles. The van der Waals surface area contributed by atoms with Crippen LogP contribution in [0, 0.1) is 0 Å². The van der Waals surface area contributed by atoms with Crippen LogP contribution in [0.1, 0.15) is 102 Å². The smallest absolute Gasteiger partial charge is 0.330 e. The highest BCUT2D eigenvalue weighted by Crippen LogP contribution is 2.59. The highest BCUT2D eigenvalue weighted by molar-refractivity contribution is 8.57. The first-order chi connectivity index (χ1) is 48.6. The number of alkyl halides is 2. The van der Waals surface area contributed by atoms with Crippen LogP contribution in [-0.2, 0) is 98.7 Å². The molecule has 0 amide bonds. The number of esters is 6. The summed E-state index contributed by atoms with van der Waals surface area (Å²) < 4.78 is 106. The molecule has 3 aromatic heterocycles. The molecule has 40 nitrogen and oxygen atoms in total. The summed E-state index contributed by atoms with van der Waals surface area (Å²) in [7, 11) is 3.47. The lowest BCUT2D eigenvalue weighted by Gasteiger charge is -2.27. The van der Waals surface area contributed by atoms with Crippen LogP contribution in [0.2, 0.25) is 0 Å². The van der Waals surface area contributed by atoms with Crippen LogP contribution in [0.4, 0.5) is 0 Å². The van der Waals surface area contributed by atoms with E-state index in [1.165, 1.54) is 53.9 Å². The molecule has 594 valence electrons. The number of aromatic nitrogens is 6. The molecule has 6 rings (SSSR count). The maximum atomic E-state index is 13.5. The van der Waals surface area contributed by atoms with Gasteiger partial charge in [0.25, 0.3) is 16.7 Å². The number of aliphatic hydroxyl groups excluding tert-OH is 3. The van der Waals surface area contributed by atoms with Gasteiger partial charge in [0.05, 0.1) is 59.5 Å². The molecule has 48 heteroatoms. The van der Waals surface area contributed by atoms with Crippen molar-refractivity contribution in [2.75, 3.05) is 58.4 Å². The van der Waals surface area contributed by atoms with E-state index < -0.39 is 217 Å². The SMILES string of the molecule is COC(=O)CSP(=O)(NC(C)C(=O)OC(C)C)OC[C@H]1O[C@@H](n2ccc(=O)[nH]c2=O)[C@](C)(Cl)[C@@H]1O.COC(=O)CSP(=O)(N[C@H](C)C(=O)OC(C)C)OC[C@H]1O[C@@H](n2ccc(=O)[nH]c2=O)[C@](C)(Cl)[C@@H]1O.COC(=O)CS[P@@](=O)(N[C@@H](C)C(=O)OC(C)C)OC[C@H]1O[C@@H](n2ccc(=O)[nH]c2=O)[C@](C)(O)[C@@H]1O. The summed E-state index contributed by atoms with van der Waals surface area (Å²) in [4.78, 5) is 145. The first kappa shape index (κ1) is 92.0. The number of carbonyl (C=O) groups is 6. The van der Waals surface area contributed by atoms with Crippen molar-refractivity contribution >= 4 is 113 Å². The van der Waals surface area contributed by atoms with E-state index in [0.29, 0.717) is 34.1 Å². The number of aromatic amines is 3. The van der Waals surface area contributed by atoms with Crippen molar-refractivity contribution in [3.63, 3.8) is 0 Å². The highest BCUT2D eigenvalue weighted by Gasteiger charge is 2.57. The molecule has 6 heterocycles. The standard InChI is InChI=1S/2C19H29ClN3O10PS.C19H30N3O11PS/c2*1-10(2)32-16(27)11(3)22-34(29,35-9-14(25)30-5)31-8-12-15(26)19(4,20)17(33-12)23-7-6-13(24)21-18(23)28;1-10(2)32-16(26)11(3)21-34(29,35-9-14(24)30-5)31-8-12-15(25)19(4,28)17(33-12)22-7-6-13(23)20-18(22)27/h2*6-7,10-12,15,17,26H,8-9H2,1-5H3,(H,22,29)(H,21,24,28);6-7,10-12,15,17,25,28H,8-9H2,1-5H3,(H,21,29)(H,20,23,27)/t11?,12-,15-,17-,19-,34?;11-,12-,15-,17-,19-,34?;11-,12+,15+,17+,19+,34+/m110/s1. The number of ether oxygens (including phenoxy) is 9. The zero-order valence-corrected chi connectivity index (χ0v) is 66.0. The van der Waals surface area contributed by atoms with Crippen molar-refractivity contribution in [2.24, 2.45) is 0 Å². The number of hydrogen-bond acceptors (Lipinski definition) is 34. The van der Waals surface area contributed by atoms with Crippen LogP contribution < -0.4 is 49.0 Å². The number of rotatable bonds is 33. The molecule has 3 fully saturated rings. The molecule has 3 saturated heterocycles. The summed E-state index contributed by atoms with van der Waals surface area (Å²) in [6, 6.07) is 0.0109. The van der Waals surface area contributed by atoms with Gasteiger partial charge in [0, 0.05) is 36.8 Å². The monoisotopic (exact) mass is 1650 g/mol. The van der Waals surface area contributed by atoms with Gasteiger partial charge in [0.2, 0.25) is 0 Å². The van der Waals surface area contributed by atoms with E-state index in [2.05, 4.69) is 39.4 Å². The Morgan fingerprint density at radius 3 is 0.981 bits per heavy atom. The molecule has 3 aromatic rings. The van der Waals surface area contributed by atoms with Gasteiger partial charge in [-0.05, 0) is 117 Å². The molecule has 0 spiro atoms. The van der Waals surface area contributed by atoms with E-state index in [-0.39, 0.29) is 17.3 Å². The van der Waals surface area contributed by atoms with Gasteiger partial charge in [0.15, 0.2) is 18.7 Å². The van der Waals surface area contributed by atoms with Gasteiger partial charge >= 0.3 is 73.0 Å². The number of nitrogens with zero attached hydrogens (tertiary/aromatic N) is 3. The number of nitrogens with one attached hydrogen (secondary N) is 6. The second-order valence-corrected chi connectivity index (χ2v) is 38.9. The van der Waals surface area contributed by atoms with Gasteiger partial charge in [-0.15, -0.1) is 23.2 Å². The Bertz CT molecular complexity index is 3630. The molecule has 0 radical (unpaired) electrons. The average Bonchev–Trinajstić information content (AvgIpc) is 1.63. The number of hydrogen-bond donors (Lipinski definition) is 10. The average molecular weight is 1660 g/mol. The second-order valence-electron chi connectivity index (χ2n) is 24.4. The molecule has 0 aliphatic carbocycles. The van der Waals surface area contributed by atoms with Gasteiger partial charge < -0.3 is 76.6 Å². The molecule has 3 aliphatic rings. The molecular weight excluding hydrogens is 1570 g/mol. The highest BCUT2D eigenvalue weighted by atomic mass is 35.5. The minimum Gasteiger partial charge on any atom is -0.468 e. The number of halogens is 2.